The van der Waals surface area contributed by atoms with Crippen molar-refractivity contribution in [1.29, 1.82) is 5.26 Å². The third-order valence-corrected chi connectivity index (χ3v) is 12.4. The first-order valence-electron chi connectivity index (χ1n) is 20.6. The number of nitriles is 1. The van der Waals surface area contributed by atoms with Crippen LogP contribution in [0.2, 0.25) is 0 Å². The summed E-state index contributed by atoms with van der Waals surface area (Å²) < 4.78 is 42.7. The average molecular weight is 863 g/mol. The van der Waals surface area contributed by atoms with Crippen molar-refractivity contribution in [3.05, 3.63) is 112 Å². The zero-order valence-electron chi connectivity index (χ0n) is 36.5. The number of nitrogens with one attached hydrogen (secondary N) is 2. The molecule has 5 aromatic rings. The lowest BCUT2D eigenvalue weighted by Crippen LogP contribution is -2.39. The van der Waals surface area contributed by atoms with E-state index in [0.717, 1.165) is 16.7 Å². The number of hydrogen-bond acceptors (Lipinski definition) is 13. The Morgan fingerprint density at radius 2 is 1.65 bits per heavy atom. The molecule has 1 aliphatic rings. The Labute approximate surface area is 364 Å². The van der Waals surface area contributed by atoms with E-state index in [1.807, 2.05) is 78.9 Å². The average Bonchev–Trinajstić information content (AvgIpc) is 3.85. The molecular formula is C46H55N8O7P. The number of ether oxygens (including phenoxy) is 4. The van der Waals surface area contributed by atoms with E-state index in [9.17, 15) is 10.1 Å². The van der Waals surface area contributed by atoms with Crippen LogP contribution in [-0.4, -0.2) is 96.0 Å². The van der Waals surface area contributed by atoms with Crippen LogP contribution >= 0.6 is 8.53 Å². The molecule has 4 atom stereocenters. The number of rotatable bonds is 20. The molecule has 0 spiro atoms. The summed E-state index contributed by atoms with van der Waals surface area (Å²) in [4.78, 5) is 25.5. The lowest BCUT2D eigenvalue weighted by molar-refractivity contribution is -0.0931. The third kappa shape index (κ3) is 10.2. The summed E-state index contributed by atoms with van der Waals surface area (Å²) in [5.74, 6) is 7.37. The Balaban J connectivity index is 1.49. The van der Waals surface area contributed by atoms with Crippen molar-refractivity contribution in [2.75, 3.05) is 41.0 Å². The van der Waals surface area contributed by atoms with Crippen LogP contribution in [0.3, 0.4) is 0 Å². The summed E-state index contributed by atoms with van der Waals surface area (Å²) in [6, 6.07) is 28.0. The van der Waals surface area contributed by atoms with E-state index in [0.29, 0.717) is 18.0 Å². The SMILES string of the molecule is CC#Cc1nn([C@H]2C[C@@H](OP(OCCC#N)N(C(C)C)C(C)C)[C@@H](COC(c3ccccc3)(c3ccc(OC)cc3)c3ccc(OC)cc3)O2)c2nc(/N=C/CNC)[nH]c(=O)c12. The Kier molecular flexibility index (Phi) is 16.0. The number of aromatic nitrogens is 4. The van der Waals surface area contributed by atoms with Gasteiger partial charge in [0.05, 0.1) is 46.0 Å². The van der Waals surface area contributed by atoms with E-state index in [4.69, 9.17) is 38.1 Å². The number of fused-ring (bicyclic) bond motifs is 1. The maximum Gasteiger partial charge on any atom is 0.264 e. The van der Waals surface area contributed by atoms with Gasteiger partial charge in [0.1, 0.15) is 28.6 Å². The lowest BCUT2D eigenvalue weighted by Gasteiger charge is -2.39. The molecule has 15 nitrogen and oxygen atoms in total. The fraction of sp³-hybridized carbons (Fsp3) is 0.413. The lowest BCUT2D eigenvalue weighted by atomic mass is 9.80. The van der Waals surface area contributed by atoms with Crippen LogP contribution in [0.1, 0.15) is 76.1 Å². The molecule has 16 heteroatoms. The first kappa shape index (κ1) is 46.0. The summed E-state index contributed by atoms with van der Waals surface area (Å²) in [6.07, 6.45) is -0.00240. The van der Waals surface area contributed by atoms with Gasteiger partial charge in [-0.25, -0.2) is 14.3 Å². The molecule has 1 unspecified atom stereocenters. The highest BCUT2D eigenvalue weighted by molar-refractivity contribution is 7.44. The highest BCUT2D eigenvalue weighted by Crippen LogP contribution is 2.51. The molecule has 2 N–H and O–H groups in total. The molecule has 1 fully saturated rings. The van der Waals surface area contributed by atoms with E-state index in [1.54, 1.807) is 39.1 Å². The summed E-state index contributed by atoms with van der Waals surface area (Å²) in [5, 5.41) is 17.5. The van der Waals surface area contributed by atoms with Gasteiger partial charge in [0, 0.05) is 31.3 Å². The number of aromatic amines is 1. The largest absolute Gasteiger partial charge is 0.497 e. The number of methoxy groups -OCH3 is 2. The van der Waals surface area contributed by atoms with E-state index in [1.165, 1.54) is 0 Å². The van der Waals surface area contributed by atoms with Crippen LogP contribution in [0, 0.1) is 23.2 Å². The summed E-state index contributed by atoms with van der Waals surface area (Å²) in [7, 11) is 3.36. The Morgan fingerprint density at radius 1 is 1.02 bits per heavy atom. The van der Waals surface area contributed by atoms with E-state index >= 15 is 0 Å². The van der Waals surface area contributed by atoms with E-state index < -0.39 is 38.1 Å². The predicted molar refractivity (Wildman–Crippen MR) is 240 cm³/mol. The monoisotopic (exact) mass is 862 g/mol. The van der Waals surface area contributed by atoms with Gasteiger partial charge in [-0.1, -0.05) is 60.5 Å². The molecule has 3 heterocycles. The van der Waals surface area contributed by atoms with Gasteiger partial charge in [-0.2, -0.15) is 15.3 Å². The molecule has 0 saturated carbocycles. The minimum absolute atomic E-state index is 0.0350. The molecule has 3 aromatic carbocycles. The van der Waals surface area contributed by atoms with Crippen molar-refractivity contribution in [2.45, 2.75) is 83.6 Å². The van der Waals surface area contributed by atoms with Crippen LogP contribution < -0.4 is 20.3 Å². The molecule has 62 heavy (non-hydrogen) atoms. The van der Waals surface area contributed by atoms with E-state index in [2.05, 4.69) is 65.6 Å². The van der Waals surface area contributed by atoms with Gasteiger partial charge in [0.25, 0.3) is 14.1 Å². The van der Waals surface area contributed by atoms with Crippen LogP contribution in [0.5, 0.6) is 11.5 Å². The number of benzene rings is 3. The Bertz CT molecular complexity index is 2370. The molecule has 6 rings (SSSR count). The highest BCUT2D eigenvalue weighted by Gasteiger charge is 2.45. The van der Waals surface area contributed by atoms with Gasteiger partial charge in [0.2, 0.25) is 5.95 Å². The maximum absolute atomic E-state index is 13.6. The van der Waals surface area contributed by atoms with Crippen molar-refractivity contribution in [3.8, 4) is 29.4 Å². The van der Waals surface area contributed by atoms with Gasteiger partial charge in [0.15, 0.2) is 17.6 Å². The molecule has 326 valence electrons. The van der Waals surface area contributed by atoms with Gasteiger partial charge < -0.3 is 33.3 Å². The van der Waals surface area contributed by atoms with Crippen LogP contribution in [0.25, 0.3) is 11.0 Å². The molecule has 0 aliphatic carbocycles. The summed E-state index contributed by atoms with van der Waals surface area (Å²) >= 11 is 0. The van der Waals surface area contributed by atoms with Crippen LogP contribution in [0.15, 0.2) is 88.6 Å². The quantitative estimate of drug-likeness (QED) is 0.0262. The van der Waals surface area contributed by atoms with Crippen molar-refractivity contribution < 1.29 is 28.0 Å². The fourth-order valence-electron chi connectivity index (χ4n) is 7.53. The number of H-pyrrole nitrogens is 1. The summed E-state index contributed by atoms with van der Waals surface area (Å²) in [6.45, 7) is 10.7. The predicted octanol–water partition coefficient (Wildman–Crippen LogP) is 7.39. The molecular weight excluding hydrogens is 808 g/mol. The molecule has 1 saturated heterocycles. The first-order chi connectivity index (χ1) is 30.1. The number of aliphatic imine (C=N–C) groups is 1. The maximum atomic E-state index is 13.6. The Morgan fingerprint density at radius 3 is 2.21 bits per heavy atom. The van der Waals surface area contributed by atoms with Crippen molar-refractivity contribution in [2.24, 2.45) is 4.99 Å². The molecule has 0 radical (unpaired) electrons. The standard InChI is InChI=1S/C46H55N8O7P/c1-9-14-38-42-43(50-45(51-44(42)55)49-27-26-48-6)53(52-38)41-29-39(61-62(59-28-13-25-47)54(31(2)3)32(4)5)40(60-41)30-58-46(33-15-11-10-12-16-33,34-17-21-36(56-7)22-18-34)35-19-23-37(57-8)24-20-35/h10-12,15-24,27,31-32,39-41,48H,13,26,28-30H2,1-8H3,(H,50,51,55)/b49-27+/t39-,40-,41-,62?/m1/s1. The normalized spacial score (nSPS) is 17.2. The van der Waals surface area contributed by atoms with E-state index in [-0.39, 0.29) is 60.8 Å². The molecule has 0 bridgehead atoms. The fourth-order valence-corrected chi connectivity index (χ4v) is 9.29. The zero-order valence-corrected chi connectivity index (χ0v) is 37.4. The second kappa shape index (κ2) is 21.5. The minimum Gasteiger partial charge on any atom is -0.497 e. The topological polar surface area (TPSA) is 170 Å². The minimum atomic E-state index is -1.70. The van der Waals surface area contributed by atoms with Crippen molar-refractivity contribution in [1.82, 2.24) is 29.7 Å². The highest BCUT2D eigenvalue weighted by atomic mass is 31.2. The number of hydrogen-bond donors (Lipinski definition) is 2. The van der Waals surface area contributed by atoms with Crippen molar-refractivity contribution >= 4 is 31.7 Å². The van der Waals surface area contributed by atoms with Crippen LogP contribution in [0.4, 0.5) is 5.95 Å². The smallest absolute Gasteiger partial charge is 0.264 e. The Hall–Kier alpha value is -5.48. The van der Waals surface area contributed by atoms with Gasteiger partial charge in [-0.3, -0.25) is 9.78 Å². The van der Waals surface area contributed by atoms with Gasteiger partial charge in [-0.15, -0.1) is 0 Å². The zero-order chi connectivity index (χ0) is 44.2. The first-order valence-corrected chi connectivity index (χ1v) is 21.7. The molecule has 2 aromatic heterocycles. The van der Waals surface area contributed by atoms with Gasteiger partial charge >= 0.3 is 0 Å². The second-order valence-electron chi connectivity index (χ2n) is 15.0. The van der Waals surface area contributed by atoms with Crippen LogP contribution in [-0.2, 0) is 24.1 Å². The number of nitrogens with zero attached hydrogens (tertiary/aromatic N) is 6. The van der Waals surface area contributed by atoms with Crippen molar-refractivity contribution in [3.63, 3.8) is 0 Å². The summed E-state index contributed by atoms with van der Waals surface area (Å²) in [5.41, 5.74) is 1.53. The van der Waals surface area contributed by atoms with Gasteiger partial charge in [-0.05, 0) is 88.5 Å². The second-order valence-corrected chi connectivity index (χ2v) is 16.4. The molecule has 1 aliphatic heterocycles. The molecule has 0 amide bonds. The third-order valence-electron chi connectivity index (χ3n) is 10.3.